The van der Waals surface area contributed by atoms with E-state index in [4.69, 9.17) is 5.11 Å². The maximum atomic E-state index is 10.9. The number of non-ortho nitro benzene ring substituents is 1. The summed E-state index contributed by atoms with van der Waals surface area (Å²) in [6, 6.07) is 5.00. The van der Waals surface area contributed by atoms with Crippen molar-refractivity contribution in [2.24, 2.45) is 5.92 Å². The van der Waals surface area contributed by atoms with Gasteiger partial charge in [-0.1, -0.05) is 13.0 Å². The Hall–Kier alpha value is -1.95. The van der Waals surface area contributed by atoms with E-state index < -0.39 is 5.97 Å². The van der Waals surface area contributed by atoms with Crippen LogP contribution < -0.4 is 0 Å². The van der Waals surface area contributed by atoms with Crippen molar-refractivity contribution >= 4 is 11.7 Å². The molecule has 0 unspecified atom stereocenters. The van der Waals surface area contributed by atoms with Gasteiger partial charge in [0.1, 0.15) is 0 Å². The summed E-state index contributed by atoms with van der Waals surface area (Å²) in [5.74, 6) is -0.976. The molecule has 114 valence electrons. The summed E-state index contributed by atoms with van der Waals surface area (Å²) >= 11 is 0. The topological polar surface area (TPSA) is 83.7 Å². The summed E-state index contributed by atoms with van der Waals surface area (Å²) in [6.07, 6.45) is 2.12. The van der Waals surface area contributed by atoms with E-state index in [9.17, 15) is 14.9 Å². The molecule has 1 aliphatic heterocycles. The molecule has 6 heteroatoms. The first kappa shape index (κ1) is 15.4. The minimum atomic E-state index is -0.723. The van der Waals surface area contributed by atoms with Crippen molar-refractivity contribution in [1.82, 2.24) is 4.90 Å². The molecule has 1 aliphatic rings. The standard InChI is InChI=1S/C15H20N2O4/c1-2-11-3-4-14(17(20)21)9-13(11)10-16-7-5-12(6-8-16)15(18)19/h3-4,9,12H,2,5-8,10H2,1H3,(H,18,19). The predicted octanol–water partition coefficient (Wildman–Crippen LogP) is 2.45. The third-order valence-electron chi connectivity index (χ3n) is 4.11. The first-order chi connectivity index (χ1) is 10.0. The summed E-state index contributed by atoms with van der Waals surface area (Å²) in [5, 5.41) is 19.9. The number of rotatable bonds is 5. The van der Waals surface area contributed by atoms with Crippen LogP contribution in [0.25, 0.3) is 0 Å². The number of carboxylic acids is 1. The van der Waals surface area contributed by atoms with Crippen molar-refractivity contribution in [1.29, 1.82) is 0 Å². The molecule has 1 fully saturated rings. The lowest BCUT2D eigenvalue weighted by Gasteiger charge is -2.30. The fraction of sp³-hybridized carbons (Fsp3) is 0.533. The van der Waals surface area contributed by atoms with Crippen molar-refractivity contribution in [3.63, 3.8) is 0 Å². The number of hydrogen-bond donors (Lipinski definition) is 1. The van der Waals surface area contributed by atoms with Crippen LogP contribution in [0.3, 0.4) is 0 Å². The van der Waals surface area contributed by atoms with Gasteiger partial charge in [-0.3, -0.25) is 19.8 Å². The Morgan fingerprint density at radius 2 is 2.05 bits per heavy atom. The number of nitrogens with zero attached hydrogens (tertiary/aromatic N) is 2. The normalized spacial score (nSPS) is 16.8. The molecule has 0 aliphatic carbocycles. The average molecular weight is 292 g/mol. The van der Waals surface area contributed by atoms with Crippen molar-refractivity contribution in [3.05, 3.63) is 39.4 Å². The Morgan fingerprint density at radius 3 is 2.57 bits per heavy atom. The molecule has 21 heavy (non-hydrogen) atoms. The molecule has 0 atom stereocenters. The Kier molecular flexibility index (Phi) is 4.90. The number of likely N-dealkylation sites (tertiary alicyclic amines) is 1. The largest absolute Gasteiger partial charge is 0.481 e. The first-order valence-electron chi connectivity index (χ1n) is 7.22. The molecule has 1 heterocycles. The Labute approximate surface area is 123 Å². The maximum absolute atomic E-state index is 10.9. The zero-order valence-corrected chi connectivity index (χ0v) is 12.1. The third-order valence-corrected chi connectivity index (χ3v) is 4.11. The fourth-order valence-corrected chi connectivity index (χ4v) is 2.80. The van der Waals surface area contributed by atoms with Crippen LogP contribution in [0.2, 0.25) is 0 Å². The summed E-state index contributed by atoms with van der Waals surface area (Å²) in [7, 11) is 0. The number of benzene rings is 1. The Morgan fingerprint density at radius 1 is 1.38 bits per heavy atom. The van der Waals surface area contributed by atoms with Gasteiger partial charge in [-0.05, 0) is 43.5 Å². The Bertz CT molecular complexity index is 536. The fourth-order valence-electron chi connectivity index (χ4n) is 2.80. The average Bonchev–Trinajstić information content (AvgIpc) is 2.47. The van der Waals surface area contributed by atoms with Gasteiger partial charge < -0.3 is 5.11 Å². The second-order valence-corrected chi connectivity index (χ2v) is 5.45. The van der Waals surface area contributed by atoms with E-state index in [0.29, 0.717) is 19.4 Å². The van der Waals surface area contributed by atoms with E-state index in [1.807, 2.05) is 13.0 Å². The molecule has 0 radical (unpaired) electrons. The van der Waals surface area contributed by atoms with Crippen molar-refractivity contribution < 1.29 is 14.8 Å². The lowest BCUT2D eigenvalue weighted by molar-refractivity contribution is -0.384. The molecule has 0 amide bonds. The van der Waals surface area contributed by atoms with Crippen LogP contribution in [0.5, 0.6) is 0 Å². The van der Waals surface area contributed by atoms with Gasteiger partial charge in [-0.15, -0.1) is 0 Å². The van der Waals surface area contributed by atoms with Crippen molar-refractivity contribution in [2.45, 2.75) is 32.7 Å². The van der Waals surface area contributed by atoms with Gasteiger partial charge in [0.15, 0.2) is 0 Å². The number of hydrogen-bond acceptors (Lipinski definition) is 4. The van der Waals surface area contributed by atoms with E-state index in [2.05, 4.69) is 4.90 Å². The van der Waals surface area contributed by atoms with Gasteiger partial charge >= 0.3 is 5.97 Å². The molecule has 0 spiro atoms. The molecule has 1 saturated heterocycles. The van der Waals surface area contributed by atoms with Gasteiger partial charge in [-0.2, -0.15) is 0 Å². The molecular weight excluding hydrogens is 272 g/mol. The monoisotopic (exact) mass is 292 g/mol. The SMILES string of the molecule is CCc1ccc([N+](=O)[O-])cc1CN1CCC(C(=O)O)CC1. The van der Waals surface area contributed by atoms with Crippen LogP contribution in [0.15, 0.2) is 18.2 Å². The summed E-state index contributed by atoms with van der Waals surface area (Å²) in [4.78, 5) is 23.6. The number of aliphatic carboxylic acids is 1. The molecule has 0 bridgehead atoms. The maximum Gasteiger partial charge on any atom is 0.306 e. The van der Waals surface area contributed by atoms with Gasteiger partial charge in [0.25, 0.3) is 5.69 Å². The summed E-state index contributed by atoms with van der Waals surface area (Å²) in [6.45, 7) is 4.13. The molecule has 0 saturated carbocycles. The molecular formula is C15H20N2O4. The third kappa shape index (κ3) is 3.78. The number of carboxylic acid groups (broad SMARTS) is 1. The van der Waals surface area contributed by atoms with Crippen LogP contribution in [0, 0.1) is 16.0 Å². The van der Waals surface area contributed by atoms with E-state index in [-0.39, 0.29) is 16.5 Å². The first-order valence-corrected chi connectivity index (χ1v) is 7.22. The minimum absolute atomic E-state index is 0.114. The highest BCUT2D eigenvalue weighted by Gasteiger charge is 2.25. The zero-order chi connectivity index (χ0) is 15.4. The summed E-state index contributed by atoms with van der Waals surface area (Å²) in [5.41, 5.74) is 2.20. The number of carbonyl (C=O) groups is 1. The van der Waals surface area contributed by atoms with Crippen LogP contribution in [0.1, 0.15) is 30.9 Å². The van der Waals surface area contributed by atoms with Gasteiger partial charge in [-0.25, -0.2) is 0 Å². The van der Waals surface area contributed by atoms with Crippen LogP contribution in [0.4, 0.5) is 5.69 Å². The van der Waals surface area contributed by atoms with Crippen LogP contribution in [-0.2, 0) is 17.8 Å². The molecule has 0 aromatic heterocycles. The minimum Gasteiger partial charge on any atom is -0.481 e. The highest BCUT2D eigenvalue weighted by molar-refractivity contribution is 5.70. The second-order valence-electron chi connectivity index (χ2n) is 5.45. The van der Waals surface area contributed by atoms with Crippen LogP contribution >= 0.6 is 0 Å². The van der Waals surface area contributed by atoms with E-state index in [1.54, 1.807) is 12.1 Å². The molecule has 1 N–H and O–H groups in total. The van der Waals surface area contributed by atoms with E-state index >= 15 is 0 Å². The zero-order valence-electron chi connectivity index (χ0n) is 12.1. The number of nitro groups is 1. The lowest BCUT2D eigenvalue weighted by Crippen LogP contribution is -2.36. The number of aryl methyl sites for hydroxylation is 1. The lowest BCUT2D eigenvalue weighted by atomic mass is 9.96. The van der Waals surface area contributed by atoms with E-state index in [0.717, 1.165) is 30.6 Å². The van der Waals surface area contributed by atoms with Gasteiger partial charge in [0.2, 0.25) is 0 Å². The molecule has 6 nitrogen and oxygen atoms in total. The smallest absolute Gasteiger partial charge is 0.306 e. The molecule has 1 aromatic rings. The second kappa shape index (κ2) is 6.67. The number of piperidine rings is 1. The van der Waals surface area contributed by atoms with Crippen molar-refractivity contribution in [3.8, 4) is 0 Å². The predicted molar refractivity (Wildman–Crippen MR) is 78.1 cm³/mol. The van der Waals surface area contributed by atoms with Crippen LogP contribution in [-0.4, -0.2) is 34.0 Å². The van der Waals surface area contributed by atoms with Gasteiger partial charge in [0, 0.05) is 18.7 Å². The number of nitro benzene ring substituents is 1. The van der Waals surface area contributed by atoms with Crippen molar-refractivity contribution in [2.75, 3.05) is 13.1 Å². The molecule has 2 rings (SSSR count). The van der Waals surface area contributed by atoms with E-state index in [1.165, 1.54) is 0 Å². The highest BCUT2D eigenvalue weighted by atomic mass is 16.6. The van der Waals surface area contributed by atoms with Gasteiger partial charge in [0.05, 0.1) is 10.8 Å². The summed E-state index contributed by atoms with van der Waals surface area (Å²) < 4.78 is 0. The molecule has 1 aromatic carbocycles. The highest BCUT2D eigenvalue weighted by Crippen LogP contribution is 2.23. The Balaban J connectivity index is 2.07. The quantitative estimate of drug-likeness (QED) is 0.665.